The molecule has 0 bridgehead atoms. The molecule has 1 aromatic carbocycles. The van der Waals surface area contributed by atoms with Crippen LogP contribution < -0.4 is 15.2 Å². The number of quaternary nitrogens is 1. The zero-order valence-corrected chi connectivity index (χ0v) is 13.9. The van der Waals surface area contributed by atoms with Crippen LogP contribution in [-0.4, -0.2) is 54.3 Å². The fraction of sp³-hybridized carbons (Fsp3) is 0.353. The van der Waals surface area contributed by atoms with Crippen molar-refractivity contribution in [3.63, 3.8) is 0 Å². The molecule has 1 saturated heterocycles. The van der Waals surface area contributed by atoms with Crippen molar-refractivity contribution in [2.75, 3.05) is 33.3 Å². The van der Waals surface area contributed by atoms with E-state index in [-0.39, 0.29) is 23.0 Å². The Kier molecular flexibility index (Phi) is 5.08. The number of carbonyl (C=O) groups is 1. The zero-order valence-electron chi connectivity index (χ0n) is 13.9. The summed E-state index contributed by atoms with van der Waals surface area (Å²) in [5, 5.41) is 6.05. The number of piperazine rings is 1. The highest BCUT2D eigenvalue weighted by Crippen LogP contribution is 2.18. The van der Waals surface area contributed by atoms with Crippen molar-refractivity contribution < 1.29 is 18.8 Å². The molecule has 0 atom stereocenters. The number of hydrogen-bond donors (Lipinski definition) is 2. The minimum atomic E-state index is -0.338. The third-order valence-electron chi connectivity index (χ3n) is 4.34. The van der Waals surface area contributed by atoms with E-state index in [2.05, 4.69) is 10.2 Å². The molecule has 0 aliphatic carbocycles. The van der Waals surface area contributed by atoms with Crippen molar-refractivity contribution in [3.05, 3.63) is 57.8 Å². The van der Waals surface area contributed by atoms with Crippen molar-refractivity contribution in [1.29, 1.82) is 0 Å². The monoisotopic (exact) mass is 347 g/mol. The molecule has 0 spiro atoms. The lowest BCUT2D eigenvalue weighted by Gasteiger charge is -2.32. The number of methoxy groups -OCH3 is 1. The summed E-state index contributed by atoms with van der Waals surface area (Å²) >= 11 is 0. The first-order chi connectivity index (χ1) is 12.1. The van der Waals surface area contributed by atoms with Crippen LogP contribution in [0.3, 0.4) is 0 Å². The Labute approximate surface area is 144 Å². The molecule has 0 unspecified atom stereocenters. The topological polar surface area (TPSA) is 79.7 Å². The Balaban J connectivity index is 1.60. The molecule has 7 nitrogen and oxygen atoms in total. The first kappa shape index (κ1) is 17.1. The lowest BCUT2D eigenvalue weighted by atomic mass is 10.1. The van der Waals surface area contributed by atoms with E-state index in [0.29, 0.717) is 25.4 Å². The Morgan fingerprint density at radius 3 is 2.72 bits per heavy atom. The van der Waals surface area contributed by atoms with Gasteiger partial charge in [0.1, 0.15) is 23.8 Å². The van der Waals surface area contributed by atoms with Gasteiger partial charge in [0.15, 0.2) is 0 Å². The van der Waals surface area contributed by atoms with Gasteiger partial charge in [0.05, 0.1) is 38.9 Å². The van der Waals surface area contributed by atoms with Crippen LogP contribution in [0.15, 0.2) is 35.1 Å². The highest BCUT2D eigenvalue weighted by Gasteiger charge is 2.26. The van der Waals surface area contributed by atoms with Gasteiger partial charge in [0.25, 0.3) is 11.5 Å². The normalized spacial score (nSPS) is 15.2. The van der Waals surface area contributed by atoms with E-state index >= 15 is 0 Å². The van der Waals surface area contributed by atoms with Gasteiger partial charge < -0.3 is 14.5 Å². The van der Waals surface area contributed by atoms with E-state index < -0.39 is 0 Å². The number of hydrogen-bond acceptors (Lipinski definition) is 4. The second-order valence-electron chi connectivity index (χ2n) is 5.98. The molecular weight excluding hydrogens is 327 g/mol. The number of nitrogens with one attached hydrogen (secondary N) is 2. The maximum atomic E-state index is 13.5. The van der Waals surface area contributed by atoms with Crippen LogP contribution >= 0.6 is 0 Å². The highest BCUT2D eigenvalue weighted by molar-refractivity contribution is 5.92. The number of rotatable bonds is 4. The summed E-state index contributed by atoms with van der Waals surface area (Å²) < 4.78 is 18.8. The lowest BCUT2D eigenvalue weighted by molar-refractivity contribution is -0.917. The first-order valence-electron chi connectivity index (χ1n) is 8.08. The van der Waals surface area contributed by atoms with Crippen LogP contribution in [0.1, 0.15) is 16.1 Å². The Hall–Kier alpha value is -2.74. The molecule has 1 fully saturated rings. The number of aromatic nitrogens is 2. The molecule has 2 heterocycles. The van der Waals surface area contributed by atoms with E-state index in [0.717, 1.165) is 18.7 Å². The Bertz CT molecular complexity index is 795. The number of H-pyrrole nitrogens is 1. The van der Waals surface area contributed by atoms with Crippen LogP contribution in [-0.2, 0) is 6.54 Å². The number of amides is 1. The third kappa shape index (κ3) is 4.03. The molecule has 2 aromatic rings. The average molecular weight is 347 g/mol. The van der Waals surface area contributed by atoms with Crippen LogP contribution in [0.2, 0.25) is 0 Å². The predicted molar refractivity (Wildman–Crippen MR) is 88.1 cm³/mol. The van der Waals surface area contributed by atoms with Gasteiger partial charge in [-0.05, 0) is 24.3 Å². The summed E-state index contributed by atoms with van der Waals surface area (Å²) in [7, 11) is 1.57. The van der Waals surface area contributed by atoms with Crippen molar-refractivity contribution >= 4 is 5.91 Å². The van der Waals surface area contributed by atoms with Gasteiger partial charge in [-0.1, -0.05) is 0 Å². The van der Waals surface area contributed by atoms with Gasteiger partial charge in [0.2, 0.25) is 0 Å². The summed E-state index contributed by atoms with van der Waals surface area (Å²) in [5.41, 5.74) is 0.712. The Morgan fingerprint density at radius 2 is 2.08 bits per heavy atom. The summed E-state index contributed by atoms with van der Waals surface area (Å²) in [6, 6.07) is 7.22. The molecule has 3 rings (SSSR count). The Morgan fingerprint density at radius 1 is 1.32 bits per heavy atom. The van der Waals surface area contributed by atoms with Crippen molar-refractivity contribution in [3.8, 4) is 5.75 Å². The number of carbonyl (C=O) groups excluding carboxylic acids is 1. The summed E-state index contributed by atoms with van der Waals surface area (Å²) in [4.78, 5) is 26.4. The first-order valence-corrected chi connectivity index (χ1v) is 8.08. The van der Waals surface area contributed by atoms with E-state index in [4.69, 9.17) is 4.74 Å². The number of nitrogens with zero attached hydrogens (tertiary/aromatic N) is 2. The fourth-order valence-electron chi connectivity index (χ4n) is 2.98. The lowest BCUT2D eigenvalue weighted by Crippen LogP contribution is -3.13. The molecule has 1 aliphatic heterocycles. The minimum absolute atomic E-state index is 0.196. The molecular formula is C17H20FN4O3+. The molecule has 0 radical (unpaired) electrons. The van der Waals surface area contributed by atoms with Crippen LogP contribution in [0.25, 0.3) is 0 Å². The molecule has 25 heavy (non-hydrogen) atoms. The summed E-state index contributed by atoms with van der Waals surface area (Å²) in [6.07, 6.45) is 0. The number of benzene rings is 1. The summed E-state index contributed by atoms with van der Waals surface area (Å²) in [6.45, 7) is 3.28. The van der Waals surface area contributed by atoms with Crippen molar-refractivity contribution in [1.82, 2.24) is 15.1 Å². The van der Waals surface area contributed by atoms with Gasteiger partial charge in [-0.2, -0.15) is 5.10 Å². The second kappa shape index (κ2) is 7.43. The number of halogens is 1. The van der Waals surface area contributed by atoms with Gasteiger partial charge in [-0.15, -0.1) is 0 Å². The van der Waals surface area contributed by atoms with Gasteiger partial charge >= 0.3 is 0 Å². The van der Waals surface area contributed by atoms with E-state index in [1.54, 1.807) is 18.1 Å². The SMILES string of the molecule is COc1ccc(F)cc1C[NH+]1CCN(C(=O)c2ccc(=O)[nH]n2)CC1. The molecule has 2 N–H and O–H groups in total. The van der Waals surface area contributed by atoms with Crippen LogP contribution in [0.4, 0.5) is 4.39 Å². The molecule has 1 amide bonds. The third-order valence-corrected chi connectivity index (χ3v) is 4.34. The van der Waals surface area contributed by atoms with E-state index in [9.17, 15) is 14.0 Å². The minimum Gasteiger partial charge on any atom is -0.496 e. The van der Waals surface area contributed by atoms with E-state index in [1.165, 1.54) is 29.2 Å². The maximum Gasteiger partial charge on any atom is 0.274 e. The van der Waals surface area contributed by atoms with Gasteiger partial charge in [-0.25, -0.2) is 9.49 Å². The molecule has 0 saturated carbocycles. The van der Waals surface area contributed by atoms with Crippen molar-refractivity contribution in [2.45, 2.75) is 6.54 Å². The number of aromatic amines is 1. The fourth-order valence-corrected chi connectivity index (χ4v) is 2.98. The zero-order chi connectivity index (χ0) is 17.8. The standard InChI is InChI=1S/C17H19FN4O3/c1-25-15-4-2-13(18)10-12(15)11-21-6-8-22(9-7-21)17(24)14-3-5-16(23)20-19-14/h2-5,10H,6-9,11H2,1H3,(H,20,23)/p+1. The molecule has 132 valence electrons. The van der Waals surface area contributed by atoms with E-state index in [1.807, 2.05) is 0 Å². The highest BCUT2D eigenvalue weighted by atomic mass is 19.1. The molecule has 8 heteroatoms. The second-order valence-corrected chi connectivity index (χ2v) is 5.98. The van der Waals surface area contributed by atoms with Crippen LogP contribution in [0, 0.1) is 5.82 Å². The largest absolute Gasteiger partial charge is 0.496 e. The predicted octanol–water partition coefficient (Wildman–Crippen LogP) is -0.541. The van der Waals surface area contributed by atoms with Crippen LogP contribution in [0.5, 0.6) is 5.75 Å². The van der Waals surface area contributed by atoms with Gasteiger partial charge in [0, 0.05) is 6.07 Å². The number of ether oxygens (including phenoxy) is 1. The molecule has 1 aliphatic rings. The van der Waals surface area contributed by atoms with Gasteiger partial charge in [-0.3, -0.25) is 9.59 Å². The average Bonchev–Trinajstić information content (AvgIpc) is 2.63. The summed E-state index contributed by atoms with van der Waals surface area (Å²) in [5.74, 6) is 0.191. The molecule has 1 aromatic heterocycles. The smallest absolute Gasteiger partial charge is 0.274 e. The maximum absolute atomic E-state index is 13.5. The van der Waals surface area contributed by atoms with Crippen molar-refractivity contribution in [2.24, 2.45) is 0 Å². The quantitative estimate of drug-likeness (QED) is 0.779.